The van der Waals surface area contributed by atoms with Crippen molar-refractivity contribution in [3.63, 3.8) is 0 Å². The van der Waals surface area contributed by atoms with Gasteiger partial charge in [0.1, 0.15) is 0 Å². The van der Waals surface area contributed by atoms with Gasteiger partial charge in [0.15, 0.2) is 0 Å². The van der Waals surface area contributed by atoms with Gasteiger partial charge in [-0.05, 0) is 44.5 Å². The lowest BCUT2D eigenvalue weighted by Gasteiger charge is -2.16. The van der Waals surface area contributed by atoms with Crippen LogP contribution >= 0.6 is 11.6 Å². The first-order chi connectivity index (χ1) is 9.58. The molecular formula is C16H22ClN3. The van der Waals surface area contributed by atoms with Gasteiger partial charge in [0.25, 0.3) is 0 Å². The molecule has 0 fully saturated rings. The van der Waals surface area contributed by atoms with Crippen molar-refractivity contribution in [1.29, 1.82) is 0 Å². The maximum absolute atomic E-state index is 6.20. The van der Waals surface area contributed by atoms with Crippen molar-refractivity contribution < 1.29 is 0 Å². The van der Waals surface area contributed by atoms with Crippen LogP contribution < -0.4 is 5.32 Å². The second-order valence-corrected chi connectivity index (χ2v) is 5.38. The monoisotopic (exact) mass is 291 g/mol. The predicted octanol–water partition coefficient (Wildman–Crippen LogP) is 4.20. The van der Waals surface area contributed by atoms with Gasteiger partial charge in [-0.3, -0.25) is 0 Å². The molecule has 108 valence electrons. The van der Waals surface area contributed by atoms with Crippen LogP contribution in [0.5, 0.6) is 0 Å². The van der Waals surface area contributed by atoms with Crippen LogP contribution in [0.4, 0.5) is 0 Å². The minimum absolute atomic E-state index is 0.415. The van der Waals surface area contributed by atoms with E-state index in [4.69, 9.17) is 11.6 Å². The van der Waals surface area contributed by atoms with E-state index >= 15 is 0 Å². The van der Waals surface area contributed by atoms with E-state index < -0.39 is 0 Å². The highest BCUT2D eigenvalue weighted by atomic mass is 35.5. The van der Waals surface area contributed by atoms with Crippen LogP contribution in [0.25, 0.3) is 5.69 Å². The molecular weight excluding hydrogens is 270 g/mol. The summed E-state index contributed by atoms with van der Waals surface area (Å²) in [4.78, 5) is 0. The highest BCUT2D eigenvalue weighted by molar-refractivity contribution is 6.31. The normalized spacial score (nSPS) is 12.7. The van der Waals surface area contributed by atoms with Crippen molar-refractivity contribution in [2.24, 2.45) is 0 Å². The van der Waals surface area contributed by atoms with E-state index in [1.54, 1.807) is 0 Å². The number of benzene rings is 1. The lowest BCUT2D eigenvalue weighted by atomic mass is 10.0. The summed E-state index contributed by atoms with van der Waals surface area (Å²) in [7, 11) is 0. The molecule has 0 saturated heterocycles. The van der Waals surface area contributed by atoms with Gasteiger partial charge in [-0.15, -0.1) is 0 Å². The minimum atomic E-state index is 0.415. The smallest absolute Gasteiger partial charge is 0.0848 e. The Morgan fingerprint density at radius 3 is 2.30 bits per heavy atom. The summed E-state index contributed by atoms with van der Waals surface area (Å²) in [5, 5.41) is 8.71. The zero-order valence-electron chi connectivity index (χ0n) is 12.6. The summed E-state index contributed by atoms with van der Waals surface area (Å²) in [6, 6.07) is 8.95. The maximum atomic E-state index is 6.20. The average molecular weight is 292 g/mol. The molecule has 1 N–H and O–H groups in total. The lowest BCUT2D eigenvalue weighted by Crippen LogP contribution is -2.20. The minimum Gasteiger partial charge on any atom is -0.310 e. The number of nitrogens with zero attached hydrogens (tertiary/aromatic N) is 2. The lowest BCUT2D eigenvalue weighted by molar-refractivity contribution is 0.537. The summed E-state index contributed by atoms with van der Waals surface area (Å²) in [6.07, 6.45) is 1.08. The quantitative estimate of drug-likeness (QED) is 0.894. The third-order valence-corrected chi connectivity index (χ3v) is 4.15. The molecule has 0 bridgehead atoms. The van der Waals surface area contributed by atoms with Crippen LogP contribution in [-0.4, -0.2) is 16.3 Å². The van der Waals surface area contributed by atoms with Crippen LogP contribution in [0.15, 0.2) is 24.3 Å². The molecule has 1 heterocycles. The molecule has 2 aromatic rings. The molecule has 20 heavy (non-hydrogen) atoms. The van der Waals surface area contributed by atoms with Crippen molar-refractivity contribution in [3.8, 4) is 5.69 Å². The molecule has 4 heteroatoms. The van der Waals surface area contributed by atoms with Gasteiger partial charge in [-0.2, -0.15) is 5.10 Å². The summed E-state index contributed by atoms with van der Waals surface area (Å²) in [5.74, 6) is 0. The largest absolute Gasteiger partial charge is 0.310 e. The Balaban J connectivity index is 2.30. The summed E-state index contributed by atoms with van der Waals surface area (Å²) >= 11 is 6.20. The Hall–Kier alpha value is -1.32. The Morgan fingerprint density at radius 2 is 1.85 bits per heavy atom. The van der Waals surface area contributed by atoms with Crippen molar-refractivity contribution in [3.05, 3.63) is 46.2 Å². The molecule has 2 rings (SSSR count). The Labute approximate surface area is 126 Å². The van der Waals surface area contributed by atoms with Gasteiger partial charge in [0, 0.05) is 6.04 Å². The molecule has 0 aliphatic rings. The van der Waals surface area contributed by atoms with Crippen LogP contribution in [-0.2, 0) is 0 Å². The second kappa shape index (κ2) is 6.42. The van der Waals surface area contributed by atoms with E-state index in [0.29, 0.717) is 6.04 Å². The number of aryl methyl sites for hydroxylation is 1. The average Bonchev–Trinajstić information content (AvgIpc) is 2.73. The molecule has 0 saturated carbocycles. The Bertz CT molecular complexity index is 572. The molecule has 1 atom stereocenters. The highest BCUT2D eigenvalue weighted by Gasteiger charge is 2.12. The summed E-state index contributed by atoms with van der Waals surface area (Å²) in [6.45, 7) is 9.23. The van der Waals surface area contributed by atoms with E-state index in [-0.39, 0.29) is 0 Å². The summed E-state index contributed by atoms with van der Waals surface area (Å²) < 4.78 is 1.90. The van der Waals surface area contributed by atoms with Gasteiger partial charge in [0.2, 0.25) is 0 Å². The van der Waals surface area contributed by atoms with E-state index in [2.05, 4.69) is 48.5 Å². The molecule has 0 aliphatic carbocycles. The number of rotatable bonds is 5. The number of halogens is 1. The molecule has 0 aliphatic heterocycles. The van der Waals surface area contributed by atoms with E-state index in [1.165, 1.54) is 5.56 Å². The highest BCUT2D eigenvalue weighted by Crippen LogP contribution is 2.24. The van der Waals surface area contributed by atoms with Crippen LogP contribution in [0, 0.1) is 13.8 Å². The number of hydrogen-bond donors (Lipinski definition) is 1. The molecule has 1 aromatic carbocycles. The number of aromatic nitrogens is 2. The first-order valence-electron chi connectivity index (χ1n) is 7.13. The van der Waals surface area contributed by atoms with Crippen molar-refractivity contribution >= 4 is 11.6 Å². The van der Waals surface area contributed by atoms with E-state index in [9.17, 15) is 0 Å². The molecule has 1 unspecified atom stereocenters. The molecule has 0 spiro atoms. The first-order valence-corrected chi connectivity index (χ1v) is 7.51. The van der Waals surface area contributed by atoms with Gasteiger partial charge in [-0.25, -0.2) is 4.68 Å². The number of hydrogen-bond acceptors (Lipinski definition) is 2. The first kappa shape index (κ1) is 15.1. The van der Waals surface area contributed by atoms with Crippen molar-refractivity contribution in [2.45, 2.75) is 40.2 Å². The van der Waals surface area contributed by atoms with Gasteiger partial charge < -0.3 is 5.32 Å². The van der Waals surface area contributed by atoms with E-state index in [1.807, 2.05) is 18.5 Å². The van der Waals surface area contributed by atoms with Crippen molar-refractivity contribution in [2.75, 3.05) is 6.54 Å². The topological polar surface area (TPSA) is 29.9 Å². The fourth-order valence-electron chi connectivity index (χ4n) is 2.47. The fraction of sp³-hybridized carbons (Fsp3) is 0.438. The van der Waals surface area contributed by atoms with Gasteiger partial charge in [-0.1, -0.05) is 37.6 Å². The third kappa shape index (κ3) is 2.89. The van der Waals surface area contributed by atoms with Gasteiger partial charge >= 0.3 is 0 Å². The van der Waals surface area contributed by atoms with Crippen molar-refractivity contribution in [1.82, 2.24) is 15.1 Å². The number of nitrogens with one attached hydrogen (secondary N) is 1. The third-order valence-electron chi connectivity index (χ3n) is 3.60. The molecule has 0 amide bonds. The molecule has 3 nitrogen and oxygen atoms in total. The molecule has 0 radical (unpaired) electrons. The zero-order valence-corrected chi connectivity index (χ0v) is 13.3. The fourth-order valence-corrected chi connectivity index (χ4v) is 2.59. The summed E-state index contributed by atoms with van der Waals surface area (Å²) in [5.41, 5.74) is 4.21. The maximum Gasteiger partial charge on any atom is 0.0848 e. The van der Waals surface area contributed by atoms with Crippen LogP contribution in [0.2, 0.25) is 5.02 Å². The molecule has 1 aromatic heterocycles. The van der Waals surface area contributed by atoms with E-state index in [0.717, 1.165) is 35.1 Å². The van der Waals surface area contributed by atoms with Crippen LogP contribution in [0.1, 0.15) is 43.3 Å². The van der Waals surface area contributed by atoms with Crippen LogP contribution in [0.3, 0.4) is 0 Å². The second-order valence-electron chi connectivity index (χ2n) is 5.01. The predicted molar refractivity (Wildman–Crippen MR) is 84.8 cm³/mol. The Kier molecular flexibility index (Phi) is 4.84. The zero-order chi connectivity index (χ0) is 14.7. The SMILES string of the molecule is CCNC(CC)c1ccc(-n2nc(C)c(Cl)c2C)cc1. The van der Waals surface area contributed by atoms with Gasteiger partial charge in [0.05, 0.1) is 22.1 Å². The Morgan fingerprint density at radius 1 is 1.20 bits per heavy atom. The standard InChI is InChI=1S/C16H22ClN3/c1-5-15(18-6-2)13-7-9-14(10-8-13)20-12(4)16(17)11(3)19-20/h7-10,15,18H,5-6H2,1-4H3.